The number of halogens is 3. The number of Topliss-reactive ketones (excluding diaryl/α,β-unsaturated/α-hetero) is 1. The van der Waals surface area contributed by atoms with Gasteiger partial charge in [0, 0.05) is 10.8 Å². The van der Waals surface area contributed by atoms with Crippen LogP contribution in [-0.2, 0) is 19.1 Å². The van der Waals surface area contributed by atoms with E-state index in [9.17, 15) is 9.59 Å². The van der Waals surface area contributed by atoms with Crippen molar-refractivity contribution in [3.63, 3.8) is 0 Å². The summed E-state index contributed by atoms with van der Waals surface area (Å²) in [5, 5.41) is 0. The van der Waals surface area contributed by atoms with E-state index in [-0.39, 0.29) is 29.8 Å². The quantitative estimate of drug-likeness (QED) is 0.420. The number of ether oxygens (including phenoxy) is 2. The molecule has 0 aromatic rings. The van der Waals surface area contributed by atoms with Crippen molar-refractivity contribution >= 4 is 34.8 Å². The maximum absolute atomic E-state index is 15.4. The molecule has 0 amide bonds. The van der Waals surface area contributed by atoms with Gasteiger partial charge in [0.1, 0.15) is 6.17 Å². The van der Waals surface area contributed by atoms with Crippen LogP contribution in [0.1, 0.15) is 47.0 Å². The fourth-order valence-electron chi connectivity index (χ4n) is 7.23. The molecular weight excluding hydrogens is 442 g/mol. The number of ketones is 2. The lowest BCUT2D eigenvalue weighted by molar-refractivity contribution is -0.204. The molecule has 7 heteroatoms. The summed E-state index contributed by atoms with van der Waals surface area (Å²) in [7, 11) is 0. The predicted octanol–water partition coefficient (Wildman–Crippen LogP) is 5.04. The normalized spacial score (nSPS) is 47.3. The molecule has 0 spiro atoms. The van der Waals surface area contributed by atoms with Crippen LogP contribution in [-0.4, -0.2) is 40.1 Å². The molecule has 4 aliphatic carbocycles. The van der Waals surface area contributed by atoms with Gasteiger partial charge in [-0.3, -0.25) is 9.59 Å². The largest absolute Gasteiger partial charge is 0.344 e. The van der Waals surface area contributed by atoms with Crippen LogP contribution in [0.3, 0.4) is 0 Å². The molecule has 0 N–H and O–H groups in total. The van der Waals surface area contributed by atoms with E-state index in [0.717, 1.165) is 5.57 Å². The Hall–Kier alpha value is -1.01. The van der Waals surface area contributed by atoms with Crippen molar-refractivity contribution in [2.45, 2.75) is 75.5 Å². The van der Waals surface area contributed by atoms with Gasteiger partial charge in [-0.15, -0.1) is 0 Å². The van der Waals surface area contributed by atoms with Crippen LogP contribution in [0.2, 0.25) is 0 Å². The van der Waals surface area contributed by atoms with E-state index in [1.807, 2.05) is 19.9 Å². The minimum Gasteiger partial charge on any atom is -0.344 e. The third-order valence-corrected chi connectivity index (χ3v) is 8.89. The molecule has 0 aromatic heterocycles. The first kappa shape index (κ1) is 21.8. The van der Waals surface area contributed by atoms with Crippen molar-refractivity contribution in [3.05, 3.63) is 35.5 Å². The molecule has 5 aliphatic rings. The molecule has 0 unspecified atom stereocenters. The van der Waals surface area contributed by atoms with Crippen molar-refractivity contribution < 1.29 is 23.5 Å². The Labute approximate surface area is 191 Å². The molecule has 0 radical (unpaired) electrons. The van der Waals surface area contributed by atoms with Gasteiger partial charge in [-0.1, -0.05) is 47.9 Å². The van der Waals surface area contributed by atoms with E-state index >= 15 is 4.39 Å². The second-order valence-electron chi connectivity index (χ2n) is 10.5. The molecule has 5 rings (SSSR count). The smallest absolute Gasteiger partial charge is 0.200 e. The maximum atomic E-state index is 15.4. The number of allylic oxidation sites excluding steroid dienone is 6. The number of hydrogen-bond donors (Lipinski definition) is 0. The standard InChI is InChI=1S/C24H27Cl2FO4/c1-21(2)30-18-11-15-13-10-17(27)16-9-12(28)5-7-22(16,3)14(13)6-8-23(15,4)24(18,31-21)19(29)20(25)26/h5-7,9,13,15,17-18,20H,8,10-11H2,1-4H3/t13-,15+,17+,18-,22-,23+,24+/m1/s1. The Morgan fingerprint density at radius 2 is 1.90 bits per heavy atom. The van der Waals surface area contributed by atoms with Gasteiger partial charge in [0.25, 0.3) is 0 Å². The van der Waals surface area contributed by atoms with Crippen molar-refractivity contribution in [2.24, 2.45) is 22.7 Å². The zero-order valence-corrected chi connectivity index (χ0v) is 19.6. The van der Waals surface area contributed by atoms with Crippen LogP contribution >= 0.6 is 23.2 Å². The average Bonchev–Trinajstić information content (AvgIpc) is 3.08. The van der Waals surface area contributed by atoms with E-state index in [0.29, 0.717) is 18.4 Å². The zero-order chi connectivity index (χ0) is 22.6. The molecule has 0 bridgehead atoms. The Morgan fingerprint density at radius 1 is 1.19 bits per heavy atom. The summed E-state index contributed by atoms with van der Waals surface area (Å²) >= 11 is 12.2. The monoisotopic (exact) mass is 468 g/mol. The Morgan fingerprint density at radius 3 is 2.58 bits per heavy atom. The van der Waals surface area contributed by atoms with Crippen LogP contribution in [0.25, 0.3) is 0 Å². The lowest BCUT2D eigenvalue weighted by Crippen LogP contribution is -2.60. The number of fused-ring (bicyclic) bond motifs is 7. The summed E-state index contributed by atoms with van der Waals surface area (Å²) in [4.78, 5) is 24.1. The minimum absolute atomic E-state index is 0.0349. The maximum Gasteiger partial charge on any atom is 0.200 e. The highest BCUT2D eigenvalue weighted by Crippen LogP contribution is 2.69. The SMILES string of the molecule is CC1(C)O[C@@H]2C[C@H]3[C@@H]4C[C@H](F)C5=CC(=O)C=C[C@]5(C)C4=CC[C@]3(C)[C@]2(C(=O)C(Cl)Cl)O1. The molecule has 1 heterocycles. The number of alkyl halides is 3. The van der Waals surface area contributed by atoms with Crippen LogP contribution in [0.15, 0.2) is 35.5 Å². The van der Waals surface area contributed by atoms with Crippen molar-refractivity contribution in [2.75, 3.05) is 0 Å². The van der Waals surface area contributed by atoms with Gasteiger partial charge < -0.3 is 9.47 Å². The number of carbonyl (C=O) groups excluding carboxylic acids is 2. The first-order valence-electron chi connectivity index (χ1n) is 10.9. The van der Waals surface area contributed by atoms with Crippen LogP contribution in [0.5, 0.6) is 0 Å². The Bertz CT molecular complexity index is 969. The zero-order valence-electron chi connectivity index (χ0n) is 18.1. The summed E-state index contributed by atoms with van der Waals surface area (Å²) in [5.74, 6) is -1.62. The van der Waals surface area contributed by atoms with E-state index < -0.39 is 39.3 Å². The fraction of sp³-hybridized carbons (Fsp3) is 0.667. The number of hydrogen-bond acceptors (Lipinski definition) is 4. The third kappa shape index (κ3) is 2.67. The van der Waals surface area contributed by atoms with E-state index in [4.69, 9.17) is 32.7 Å². The molecule has 1 saturated heterocycles. The molecule has 7 atom stereocenters. The first-order chi connectivity index (χ1) is 14.4. The molecule has 0 aromatic carbocycles. The van der Waals surface area contributed by atoms with Gasteiger partial charge >= 0.3 is 0 Å². The van der Waals surface area contributed by atoms with Gasteiger partial charge in [0.05, 0.1) is 6.10 Å². The third-order valence-electron chi connectivity index (χ3n) is 8.49. The summed E-state index contributed by atoms with van der Waals surface area (Å²) < 4.78 is 28.0. The highest BCUT2D eigenvalue weighted by atomic mass is 35.5. The average molecular weight is 469 g/mol. The van der Waals surface area contributed by atoms with Crippen LogP contribution < -0.4 is 0 Å². The predicted molar refractivity (Wildman–Crippen MR) is 116 cm³/mol. The van der Waals surface area contributed by atoms with Crippen LogP contribution in [0, 0.1) is 22.7 Å². The van der Waals surface area contributed by atoms with E-state index in [1.165, 1.54) is 12.2 Å². The van der Waals surface area contributed by atoms with Gasteiger partial charge in [-0.2, -0.15) is 0 Å². The van der Waals surface area contributed by atoms with Gasteiger partial charge in [0.2, 0.25) is 5.78 Å². The van der Waals surface area contributed by atoms with Gasteiger partial charge in [-0.05, 0) is 69.6 Å². The van der Waals surface area contributed by atoms with Crippen LogP contribution in [0.4, 0.5) is 4.39 Å². The molecule has 3 fully saturated rings. The number of rotatable bonds is 2. The summed E-state index contributed by atoms with van der Waals surface area (Å²) in [6.07, 6.45) is 6.63. The van der Waals surface area contributed by atoms with Crippen molar-refractivity contribution in [1.82, 2.24) is 0 Å². The Balaban J connectivity index is 1.64. The van der Waals surface area contributed by atoms with Crippen molar-refractivity contribution in [3.8, 4) is 0 Å². The van der Waals surface area contributed by atoms with Gasteiger partial charge in [0.15, 0.2) is 22.0 Å². The lowest BCUT2D eigenvalue weighted by Gasteiger charge is -2.54. The Kier molecular flexibility index (Phi) is 4.59. The van der Waals surface area contributed by atoms with E-state index in [2.05, 4.69) is 6.08 Å². The molecule has 168 valence electrons. The molecular formula is C24H27Cl2FO4. The molecule has 1 aliphatic heterocycles. The second kappa shape index (κ2) is 6.53. The molecule has 4 nitrogen and oxygen atoms in total. The molecule has 2 saturated carbocycles. The second-order valence-corrected chi connectivity index (χ2v) is 11.6. The topological polar surface area (TPSA) is 52.6 Å². The van der Waals surface area contributed by atoms with Gasteiger partial charge in [-0.25, -0.2) is 4.39 Å². The van der Waals surface area contributed by atoms with E-state index in [1.54, 1.807) is 13.8 Å². The number of carbonyl (C=O) groups is 2. The first-order valence-corrected chi connectivity index (χ1v) is 11.7. The van der Waals surface area contributed by atoms with Crippen molar-refractivity contribution in [1.29, 1.82) is 0 Å². The lowest BCUT2D eigenvalue weighted by atomic mass is 9.51. The highest BCUT2D eigenvalue weighted by molar-refractivity contribution is 6.54. The highest BCUT2D eigenvalue weighted by Gasteiger charge is 2.75. The fourth-order valence-corrected chi connectivity index (χ4v) is 7.56. The summed E-state index contributed by atoms with van der Waals surface area (Å²) in [5.41, 5.74) is -0.892. The minimum atomic E-state index is -1.28. The summed E-state index contributed by atoms with van der Waals surface area (Å²) in [6, 6.07) is 0. The summed E-state index contributed by atoms with van der Waals surface area (Å²) in [6.45, 7) is 7.60. The molecule has 31 heavy (non-hydrogen) atoms.